The van der Waals surface area contributed by atoms with Crippen LogP contribution in [0.15, 0.2) is 73.7 Å². The molecule has 0 aliphatic heterocycles. The first-order chi connectivity index (χ1) is 6.69. The third kappa shape index (κ3) is 3.76. The summed E-state index contributed by atoms with van der Waals surface area (Å²) >= 11 is 0. The minimum Gasteiger partial charge on any atom is -0.355 e. The first kappa shape index (κ1) is 12.2. The fourth-order valence-corrected chi connectivity index (χ4v) is 0.864. The van der Waals surface area contributed by atoms with Crippen LogP contribution in [0.4, 0.5) is 0 Å². The van der Waals surface area contributed by atoms with Crippen molar-refractivity contribution in [2.24, 2.45) is 0 Å². The average molecular weight is 187 g/mol. The summed E-state index contributed by atoms with van der Waals surface area (Å²) in [4.78, 5) is 0. The molecule has 1 heteroatoms. The molecule has 0 radical (unpaired) electrons. The molecule has 0 unspecified atom stereocenters. The van der Waals surface area contributed by atoms with Crippen LogP contribution in [0.5, 0.6) is 0 Å². The van der Waals surface area contributed by atoms with Gasteiger partial charge in [-0.15, -0.1) is 0 Å². The normalized spacial score (nSPS) is 12.5. The molecule has 0 heterocycles. The molecule has 0 aliphatic rings. The van der Waals surface area contributed by atoms with Gasteiger partial charge in [0.25, 0.3) is 0 Å². The molecule has 0 aromatic heterocycles. The number of hydrogen-bond donors (Lipinski definition) is 1. The highest BCUT2D eigenvalue weighted by Crippen LogP contribution is 2.05. The van der Waals surface area contributed by atoms with Crippen molar-refractivity contribution in [3.8, 4) is 0 Å². The van der Waals surface area contributed by atoms with E-state index in [1.54, 1.807) is 24.3 Å². The van der Waals surface area contributed by atoms with Crippen LogP contribution in [0.1, 0.15) is 6.92 Å². The van der Waals surface area contributed by atoms with Crippen LogP contribution in [-0.2, 0) is 0 Å². The molecule has 0 spiro atoms. The molecule has 0 saturated carbocycles. The van der Waals surface area contributed by atoms with Crippen LogP contribution in [0.25, 0.3) is 0 Å². The molecule has 0 aromatic carbocycles. The highest BCUT2D eigenvalue weighted by atomic mass is 14.9. The second-order valence-electron chi connectivity index (χ2n) is 2.69. The number of nitrogens with one attached hydrogen (secondary N) is 1. The Kier molecular flexibility index (Phi) is 5.88. The first-order valence-electron chi connectivity index (χ1n) is 4.37. The zero-order valence-corrected chi connectivity index (χ0v) is 8.72. The molecule has 1 N–H and O–H groups in total. The van der Waals surface area contributed by atoms with Crippen LogP contribution in [0.2, 0.25) is 0 Å². The highest BCUT2D eigenvalue weighted by Gasteiger charge is 1.95. The summed E-state index contributed by atoms with van der Waals surface area (Å²) in [6, 6.07) is 0. The third-order valence-corrected chi connectivity index (χ3v) is 1.73. The lowest BCUT2D eigenvalue weighted by Crippen LogP contribution is -2.10. The van der Waals surface area contributed by atoms with Crippen LogP contribution in [0, 0.1) is 0 Å². The molecule has 14 heavy (non-hydrogen) atoms. The minimum absolute atomic E-state index is 0.885. The molecule has 0 fully saturated rings. The second kappa shape index (κ2) is 6.72. The molecular formula is C13H17N. The van der Waals surface area contributed by atoms with E-state index in [9.17, 15) is 0 Å². The van der Waals surface area contributed by atoms with Crippen molar-refractivity contribution in [2.45, 2.75) is 6.92 Å². The fourth-order valence-electron chi connectivity index (χ4n) is 0.864. The van der Waals surface area contributed by atoms with Crippen molar-refractivity contribution in [3.05, 3.63) is 73.7 Å². The maximum absolute atomic E-state index is 3.72. The number of hydrogen-bond acceptors (Lipinski definition) is 1. The summed E-state index contributed by atoms with van der Waals surface area (Å²) in [5, 5.41) is 3.17. The van der Waals surface area contributed by atoms with Gasteiger partial charge in [0.05, 0.1) is 0 Å². The van der Waals surface area contributed by atoms with Crippen molar-refractivity contribution in [2.75, 3.05) is 0 Å². The van der Waals surface area contributed by atoms with Crippen molar-refractivity contribution in [1.29, 1.82) is 0 Å². The molecule has 0 bridgehead atoms. The maximum Gasteiger partial charge on any atom is 0.0407 e. The lowest BCUT2D eigenvalue weighted by Gasteiger charge is -2.09. The van der Waals surface area contributed by atoms with Gasteiger partial charge in [0.2, 0.25) is 0 Å². The van der Waals surface area contributed by atoms with Crippen LogP contribution < -0.4 is 5.32 Å². The Hall–Kier alpha value is -1.76. The molecule has 0 amide bonds. The Morgan fingerprint density at radius 2 is 1.64 bits per heavy atom. The van der Waals surface area contributed by atoms with E-state index in [1.807, 2.05) is 13.0 Å². The second-order valence-corrected chi connectivity index (χ2v) is 2.69. The zero-order valence-electron chi connectivity index (χ0n) is 8.72. The quantitative estimate of drug-likeness (QED) is 0.628. The van der Waals surface area contributed by atoms with Gasteiger partial charge in [-0.2, -0.15) is 0 Å². The Balaban J connectivity index is 4.86. The van der Waals surface area contributed by atoms with Crippen LogP contribution >= 0.6 is 0 Å². The van der Waals surface area contributed by atoms with Gasteiger partial charge in [-0.1, -0.05) is 38.5 Å². The zero-order chi connectivity index (χ0) is 11.0. The Labute approximate surface area is 86.5 Å². The van der Waals surface area contributed by atoms with E-state index >= 15 is 0 Å². The Morgan fingerprint density at radius 3 is 2.00 bits per heavy atom. The molecule has 0 atom stereocenters. The van der Waals surface area contributed by atoms with E-state index in [0.717, 1.165) is 17.0 Å². The van der Waals surface area contributed by atoms with E-state index < -0.39 is 0 Å². The third-order valence-electron chi connectivity index (χ3n) is 1.73. The van der Waals surface area contributed by atoms with Gasteiger partial charge in [-0.3, -0.25) is 0 Å². The summed E-state index contributed by atoms with van der Waals surface area (Å²) < 4.78 is 0. The largest absolute Gasteiger partial charge is 0.355 e. The topological polar surface area (TPSA) is 12.0 Å². The minimum atomic E-state index is 0.885. The molecule has 1 nitrogen and oxygen atoms in total. The monoisotopic (exact) mass is 187 g/mol. The lowest BCUT2D eigenvalue weighted by molar-refractivity contribution is 1.03. The van der Waals surface area contributed by atoms with Gasteiger partial charge in [0.1, 0.15) is 0 Å². The highest BCUT2D eigenvalue weighted by molar-refractivity contribution is 5.34. The van der Waals surface area contributed by atoms with Gasteiger partial charge in [0, 0.05) is 11.4 Å². The van der Waals surface area contributed by atoms with Crippen molar-refractivity contribution < 1.29 is 0 Å². The van der Waals surface area contributed by atoms with E-state index in [0.29, 0.717) is 0 Å². The molecule has 0 aromatic rings. The van der Waals surface area contributed by atoms with Crippen molar-refractivity contribution in [3.63, 3.8) is 0 Å². The maximum atomic E-state index is 3.72. The SMILES string of the molecule is C=C/C=C(\C=C)N/C(C=C)=C(\C)C=C. The predicted octanol–water partition coefficient (Wildman–Crippen LogP) is 3.48. The summed E-state index contributed by atoms with van der Waals surface area (Å²) in [7, 11) is 0. The molecule has 0 aliphatic carbocycles. The van der Waals surface area contributed by atoms with Crippen molar-refractivity contribution >= 4 is 0 Å². The number of rotatable bonds is 6. The van der Waals surface area contributed by atoms with E-state index in [2.05, 4.69) is 31.6 Å². The van der Waals surface area contributed by atoms with Crippen LogP contribution in [-0.4, -0.2) is 0 Å². The summed E-state index contributed by atoms with van der Waals surface area (Å²) in [6.45, 7) is 16.7. The smallest absolute Gasteiger partial charge is 0.0407 e. The van der Waals surface area contributed by atoms with E-state index in [4.69, 9.17) is 0 Å². The first-order valence-corrected chi connectivity index (χ1v) is 4.37. The molecule has 74 valence electrons. The molecular weight excluding hydrogens is 170 g/mol. The predicted molar refractivity (Wildman–Crippen MR) is 64.7 cm³/mol. The molecule has 0 saturated heterocycles. The summed E-state index contributed by atoms with van der Waals surface area (Å²) in [5.41, 5.74) is 2.85. The van der Waals surface area contributed by atoms with Crippen molar-refractivity contribution in [1.82, 2.24) is 5.32 Å². The van der Waals surface area contributed by atoms with Gasteiger partial charge in [-0.05, 0) is 30.7 Å². The van der Waals surface area contributed by atoms with Crippen LogP contribution in [0.3, 0.4) is 0 Å². The van der Waals surface area contributed by atoms with Gasteiger partial charge >= 0.3 is 0 Å². The standard InChI is InChI=1S/C13H17N/c1-6-10-12(8-3)14-13(9-4)11(5)7-2/h6-10,14H,1-4H2,5H3/b12-10+,13-11+. The Bertz CT molecular complexity index is 303. The Morgan fingerprint density at radius 1 is 1.00 bits per heavy atom. The average Bonchev–Trinajstić information content (AvgIpc) is 2.23. The van der Waals surface area contributed by atoms with Gasteiger partial charge in [-0.25, -0.2) is 0 Å². The fraction of sp³-hybridized carbons (Fsp3) is 0.0769. The van der Waals surface area contributed by atoms with E-state index in [-0.39, 0.29) is 0 Å². The molecule has 0 rings (SSSR count). The summed E-state index contributed by atoms with van der Waals surface area (Å²) in [6.07, 6.45) is 8.79. The van der Waals surface area contributed by atoms with Gasteiger partial charge in [0.15, 0.2) is 0 Å². The van der Waals surface area contributed by atoms with E-state index in [1.165, 1.54) is 0 Å². The van der Waals surface area contributed by atoms with Gasteiger partial charge < -0.3 is 5.32 Å². The summed E-state index contributed by atoms with van der Waals surface area (Å²) in [5.74, 6) is 0. The number of allylic oxidation sites excluding steroid dienone is 6. The lowest BCUT2D eigenvalue weighted by atomic mass is 10.2.